The summed E-state index contributed by atoms with van der Waals surface area (Å²) in [5.74, 6) is 0. The van der Waals surface area contributed by atoms with Crippen LogP contribution in [0.15, 0.2) is 24.3 Å². The highest BCUT2D eigenvalue weighted by molar-refractivity contribution is 5.41. The van der Waals surface area contributed by atoms with Crippen molar-refractivity contribution in [3.05, 3.63) is 35.4 Å². The number of hydrogen-bond donors (Lipinski definition) is 1. The summed E-state index contributed by atoms with van der Waals surface area (Å²) in [7, 11) is 0. The highest BCUT2D eigenvalue weighted by atomic mass is 14.6. The Balaban J connectivity index is 3.18. The van der Waals surface area contributed by atoms with Gasteiger partial charge in [-0.3, -0.25) is 0 Å². The van der Waals surface area contributed by atoms with Gasteiger partial charge in [-0.15, -0.1) is 0 Å². The lowest BCUT2D eigenvalue weighted by Crippen LogP contribution is -2.08. The number of benzene rings is 1. The third-order valence-electron chi connectivity index (χ3n) is 1.56. The third kappa shape index (κ3) is 1.42. The van der Waals surface area contributed by atoms with Crippen LogP contribution in [0.5, 0.6) is 0 Å². The molecule has 3 nitrogen and oxygen atoms in total. The molecule has 0 heterocycles. The Morgan fingerprint density at radius 2 is 1.92 bits per heavy atom. The van der Waals surface area contributed by atoms with Gasteiger partial charge in [0.2, 0.25) is 0 Å². The second kappa shape index (κ2) is 3.52. The minimum absolute atomic E-state index is 0.464. The van der Waals surface area contributed by atoms with Crippen molar-refractivity contribution < 1.29 is 0 Å². The van der Waals surface area contributed by atoms with Gasteiger partial charge in [-0.25, -0.2) is 0 Å². The fourth-order valence-corrected chi connectivity index (χ4v) is 0.940. The molecule has 1 aromatic rings. The van der Waals surface area contributed by atoms with Gasteiger partial charge >= 0.3 is 0 Å². The molecule has 12 heavy (non-hydrogen) atoms. The van der Waals surface area contributed by atoms with Crippen LogP contribution >= 0.6 is 0 Å². The van der Waals surface area contributed by atoms with E-state index in [1.54, 1.807) is 24.3 Å². The van der Waals surface area contributed by atoms with E-state index in [0.717, 1.165) is 0 Å². The van der Waals surface area contributed by atoms with Crippen LogP contribution in [-0.2, 0) is 0 Å². The first-order valence-electron chi connectivity index (χ1n) is 3.44. The summed E-state index contributed by atoms with van der Waals surface area (Å²) in [5.41, 5.74) is 6.51. The monoisotopic (exact) mass is 157 g/mol. The van der Waals surface area contributed by atoms with Gasteiger partial charge in [-0.05, 0) is 6.07 Å². The molecule has 0 saturated carbocycles. The van der Waals surface area contributed by atoms with Crippen LogP contribution in [-0.4, -0.2) is 0 Å². The summed E-state index contributed by atoms with van der Waals surface area (Å²) in [6.07, 6.45) is 0. The largest absolute Gasteiger partial charge is 0.312 e. The average Bonchev–Trinajstić information content (AvgIpc) is 2.16. The van der Waals surface area contributed by atoms with Crippen molar-refractivity contribution in [2.24, 2.45) is 5.73 Å². The minimum atomic E-state index is -0.708. The number of nitriles is 2. The van der Waals surface area contributed by atoms with Crippen molar-refractivity contribution in [1.82, 2.24) is 0 Å². The van der Waals surface area contributed by atoms with E-state index in [1.165, 1.54) is 0 Å². The van der Waals surface area contributed by atoms with E-state index in [0.29, 0.717) is 11.1 Å². The van der Waals surface area contributed by atoms with Gasteiger partial charge in [0.05, 0.1) is 17.7 Å². The zero-order valence-electron chi connectivity index (χ0n) is 6.36. The number of nitrogens with two attached hydrogens (primary N) is 1. The SMILES string of the molecule is N#Cc1ccccc1[C@H](N)C#N. The quantitative estimate of drug-likeness (QED) is 0.662. The third-order valence-corrected chi connectivity index (χ3v) is 1.56. The van der Waals surface area contributed by atoms with Gasteiger partial charge in [0, 0.05) is 5.56 Å². The molecular formula is C9H7N3. The lowest BCUT2D eigenvalue weighted by Gasteiger charge is -2.03. The lowest BCUT2D eigenvalue weighted by molar-refractivity contribution is 0.921. The number of nitrogens with zero attached hydrogens (tertiary/aromatic N) is 2. The Bertz CT molecular complexity index is 357. The molecule has 1 aromatic carbocycles. The summed E-state index contributed by atoms with van der Waals surface area (Å²) in [6, 6.07) is 9.99. The maximum Gasteiger partial charge on any atom is 0.120 e. The molecule has 0 aliphatic rings. The maximum atomic E-state index is 8.65. The molecule has 0 aliphatic heterocycles. The topological polar surface area (TPSA) is 73.6 Å². The zero-order chi connectivity index (χ0) is 8.97. The highest BCUT2D eigenvalue weighted by Crippen LogP contribution is 2.13. The van der Waals surface area contributed by atoms with Gasteiger partial charge in [0.1, 0.15) is 6.04 Å². The first kappa shape index (κ1) is 8.26. The predicted molar refractivity (Wildman–Crippen MR) is 43.7 cm³/mol. The standard InChI is InChI=1S/C9H7N3/c10-5-7-3-1-2-4-8(7)9(12)6-11/h1-4,9H,12H2/t9-/m1/s1. The summed E-state index contributed by atoms with van der Waals surface area (Å²) in [6.45, 7) is 0. The molecule has 0 bridgehead atoms. The molecule has 0 amide bonds. The Kier molecular flexibility index (Phi) is 2.42. The first-order valence-corrected chi connectivity index (χ1v) is 3.44. The Morgan fingerprint density at radius 1 is 1.25 bits per heavy atom. The van der Waals surface area contributed by atoms with Gasteiger partial charge in [-0.2, -0.15) is 10.5 Å². The van der Waals surface area contributed by atoms with Crippen LogP contribution in [0.4, 0.5) is 0 Å². The molecular weight excluding hydrogens is 150 g/mol. The van der Waals surface area contributed by atoms with E-state index in [4.69, 9.17) is 16.3 Å². The number of hydrogen-bond acceptors (Lipinski definition) is 3. The normalized spacial score (nSPS) is 11.2. The smallest absolute Gasteiger partial charge is 0.120 e. The van der Waals surface area contributed by atoms with Crippen molar-refractivity contribution in [2.75, 3.05) is 0 Å². The van der Waals surface area contributed by atoms with Crippen LogP contribution in [0.3, 0.4) is 0 Å². The van der Waals surface area contributed by atoms with Crippen molar-refractivity contribution in [3.63, 3.8) is 0 Å². The van der Waals surface area contributed by atoms with Crippen LogP contribution in [0.1, 0.15) is 17.2 Å². The second-order valence-electron chi connectivity index (χ2n) is 2.31. The number of rotatable bonds is 1. The summed E-state index contributed by atoms with van der Waals surface area (Å²) in [4.78, 5) is 0. The average molecular weight is 157 g/mol. The summed E-state index contributed by atoms with van der Waals surface area (Å²) in [5, 5.41) is 17.2. The van der Waals surface area contributed by atoms with E-state index in [1.807, 2.05) is 12.1 Å². The van der Waals surface area contributed by atoms with Gasteiger partial charge < -0.3 is 5.73 Å². The molecule has 0 fully saturated rings. The van der Waals surface area contributed by atoms with E-state index >= 15 is 0 Å². The Labute approximate surface area is 70.7 Å². The van der Waals surface area contributed by atoms with Crippen molar-refractivity contribution >= 4 is 0 Å². The highest BCUT2D eigenvalue weighted by Gasteiger charge is 2.07. The van der Waals surface area contributed by atoms with Crippen molar-refractivity contribution in [1.29, 1.82) is 10.5 Å². The van der Waals surface area contributed by atoms with Gasteiger partial charge in [-0.1, -0.05) is 18.2 Å². The molecule has 2 N–H and O–H groups in total. The van der Waals surface area contributed by atoms with Crippen molar-refractivity contribution in [3.8, 4) is 12.1 Å². The van der Waals surface area contributed by atoms with Crippen LogP contribution in [0.2, 0.25) is 0 Å². The summed E-state index contributed by atoms with van der Waals surface area (Å²) >= 11 is 0. The maximum absolute atomic E-state index is 8.65. The first-order chi connectivity index (χ1) is 5.79. The molecule has 0 spiro atoms. The summed E-state index contributed by atoms with van der Waals surface area (Å²) < 4.78 is 0. The predicted octanol–water partition coefficient (Wildman–Crippen LogP) is 1.08. The van der Waals surface area contributed by atoms with Crippen LogP contribution in [0.25, 0.3) is 0 Å². The second-order valence-corrected chi connectivity index (χ2v) is 2.31. The lowest BCUT2D eigenvalue weighted by atomic mass is 10.0. The van der Waals surface area contributed by atoms with Gasteiger partial charge in [0.15, 0.2) is 0 Å². The van der Waals surface area contributed by atoms with E-state index in [-0.39, 0.29) is 0 Å². The molecule has 3 heteroatoms. The van der Waals surface area contributed by atoms with Crippen molar-refractivity contribution in [2.45, 2.75) is 6.04 Å². The van der Waals surface area contributed by atoms with Crippen LogP contribution in [0, 0.1) is 22.7 Å². The molecule has 58 valence electrons. The molecule has 1 atom stereocenters. The van der Waals surface area contributed by atoms with E-state index in [9.17, 15) is 0 Å². The van der Waals surface area contributed by atoms with E-state index < -0.39 is 6.04 Å². The molecule has 0 saturated heterocycles. The fraction of sp³-hybridized carbons (Fsp3) is 0.111. The molecule has 0 aliphatic carbocycles. The molecule has 0 radical (unpaired) electrons. The Morgan fingerprint density at radius 3 is 2.50 bits per heavy atom. The molecule has 0 aromatic heterocycles. The zero-order valence-corrected chi connectivity index (χ0v) is 6.36. The molecule has 0 unspecified atom stereocenters. The van der Waals surface area contributed by atoms with Crippen LogP contribution < -0.4 is 5.73 Å². The van der Waals surface area contributed by atoms with E-state index in [2.05, 4.69) is 0 Å². The van der Waals surface area contributed by atoms with Gasteiger partial charge in [0.25, 0.3) is 0 Å². The molecule has 1 rings (SSSR count). The fourth-order valence-electron chi connectivity index (χ4n) is 0.940. The minimum Gasteiger partial charge on any atom is -0.312 e. The Hall–Kier alpha value is -1.84.